The highest BCUT2D eigenvalue weighted by atomic mass is 15.2. The fourth-order valence-corrected chi connectivity index (χ4v) is 3.34. The molecule has 0 spiro atoms. The van der Waals surface area contributed by atoms with Gasteiger partial charge in [-0.1, -0.05) is 19.8 Å². The normalized spacial score (nSPS) is 28.6. The Morgan fingerprint density at radius 3 is 2.72 bits per heavy atom. The molecule has 2 rings (SSSR count). The molecule has 1 heterocycles. The van der Waals surface area contributed by atoms with Crippen molar-refractivity contribution in [2.75, 3.05) is 13.6 Å². The van der Waals surface area contributed by atoms with Crippen LogP contribution in [0.2, 0.25) is 0 Å². The molecular formula is C15H25N3. The Balaban J connectivity index is 2.12. The standard InChI is InChI=1S/C15H25N3/c1-13-5-3-4-8-15(13,12-16)18(2)11-14-6-9-17-10-7-14/h6-7,9-10,13H,3-5,8,11-12,16H2,1-2H3. The Kier molecular flexibility index (Phi) is 4.36. The predicted molar refractivity (Wildman–Crippen MR) is 75.1 cm³/mol. The molecule has 1 aromatic heterocycles. The molecule has 3 nitrogen and oxygen atoms in total. The molecule has 1 saturated carbocycles. The van der Waals surface area contributed by atoms with E-state index in [1.807, 2.05) is 12.4 Å². The van der Waals surface area contributed by atoms with Gasteiger partial charge in [-0.25, -0.2) is 0 Å². The van der Waals surface area contributed by atoms with E-state index >= 15 is 0 Å². The van der Waals surface area contributed by atoms with Crippen LogP contribution in [0, 0.1) is 5.92 Å². The maximum absolute atomic E-state index is 6.13. The van der Waals surface area contributed by atoms with Crippen LogP contribution in [0.15, 0.2) is 24.5 Å². The molecule has 18 heavy (non-hydrogen) atoms. The van der Waals surface area contributed by atoms with Gasteiger partial charge in [0.05, 0.1) is 0 Å². The molecule has 1 aliphatic carbocycles. The Hall–Kier alpha value is -0.930. The van der Waals surface area contributed by atoms with Crippen molar-refractivity contribution in [3.63, 3.8) is 0 Å². The SMILES string of the molecule is CC1CCCCC1(CN)N(C)Cc1ccncc1. The first-order valence-corrected chi connectivity index (χ1v) is 6.99. The molecule has 100 valence electrons. The van der Waals surface area contributed by atoms with Gasteiger partial charge in [-0.2, -0.15) is 0 Å². The van der Waals surface area contributed by atoms with Gasteiger partial charge < -0.3 is 5.73 Å². The average Bonchev–Trinajstić information content (AvgIpc) is 2.40. The van der Waals surface area contributed by atoms with Gasteiger partial charge in [-0.15, -0.1) is 0 Å². The Morgan fingerprint density at radius 2 is 2.11 bits per heavy atom. The molecule has 3 heteroatoms. The fourth-order valence-electron chi connectivity index (χ4n) is 3.34. The monoisotopic (exact) mass is 247 g/mol. The van der Waals surface area contributed by atoms with E-state index in [4.69, 9.17) is 5.73 Å². The summed E-state index contributed by atoms with van der Waals surface area (Å²) in [5.74, 6) is 0.683. The summed E-state index contributed by atoms with van der Waals surface area (Å²) in [5.41, 5.74) is 7.63. The number of nitrogens with zero attached hydrogens (tertiary/aromatic N) is 2. The van der Waals surface area contributed by atoms with Crippen LogP contribution in [-0.4, -0.2) is 29.0 Å². The largest absolute Gasteiger partial charge is 0.329 e. The summed E-state index contributed by atoms with van der Waals surface area (Å²) in [5, 5.41) is 0. The molecule has 0 bridgehead atoms. The number of hydrogen-bond donors (Lipinski definition) is 1. The zero-order valence-electron chi connectivity index (χ0n) is 11.6. The summed E-state index contributed by atoms with van der Waals surface area (Å²) >= 11 is 0. The zero-order valence-corrected chi connectivity index (χ0v) is 11.6. The van der Waals surface area contributed by atoms with E-state index in [-0.39, 0.29) is 5.54 Å². The number of hydrogen-bond acceptors (Lipinski definition) is 3. The van der Waals surface area contributed by atoms with E-state index in [9.17, 15) is 0 Å². The lowest BCUT2D eigenvalue weighted by Gasteiger charge is -2.48. The molecule has 1 fully saturated rings. The van der Waals surface area contributed by atoms with Gasteiger partial charge in [0.2, 0.25) is 0 Å². The second-order valence-electron chi connectivity index (χ2n) is 5.67. The van der Waals surface area contributed by atoms with Crippen LogP contribution in [0.1, 0.15) is 38.2 Å². The van der Waals surface area contributed by atoms with Crippen molar-refractivity contribution in [3.05, 3.63) is 30.1 Å². The van der Waals surface area contributed by atoms with Gasteiger partial charge in [0.25, 0.3) is 0 Å². The van der Waals surface area contributed by atoms with Gasteiger partial charge in [0.1, 0.15) is 0 Å². The number of nitrogens with two attached hydrogens (primary N) is 1. The summed E-state index contributed by atoms with van der Waals surface area (Å²) in [7, 11) is 2.22. The Bertz CT molecular complexity index is 365. The molecule has 0 radical (unpaired) electrons. The van der Waals surface area contributed by atoms with Crippen molar-refractivity contribution in [1.29, 1.82) is 0 Å². The van der Waals surface area contributed by atoms with Crippen molar-refractivity contribution in [2.24, 2.45) is 11.7 Å². The van der Waals surface area contributed by atoms with Crippen LogP contribution in [-0.2, 0) is 6.54 Å². The fraction of sp³-hybridized carbons (Fsp3) is 0.667. The second kappa shape index (κ2) is 5.81. The van der Waals surface area contributed by atoms with Crippen molar-refractivity contribution >= 4 is 0 Å². The van der Waals surface area contributed by atoms with E-state index in [2.05, 4.69) is 36.0 Å². The molecule has 2 unspecified atom stereocenters. The number of pyridine rings is 1. The zero-order chi connectivity index (χ0) is 13.0. The van der Waals surface area contributed by atoms with Crippen molar-refractivity contribution < 1.29 is 0 Å². The topological polar surface area (TPSA) is 42.1 Å². The minimum Gasteiger partial charge on any atom is -0.329 e. The van der Waals surface area contributed by atoms with E-state index in [0.717, 1.165) is 13.1 Å². The summed E-state index contributed by atoms with van der Waals surface area (Å²) in [6.45, 7) is 4.08. The third kappa shape index (κ3) is 2.57. The molecular weight excluding hydrogens is 222 g/mol. The van der Waals surface area contributed by atoms with Gasteiger partial charge in [-0.05, 0) is 43.5 Å². The molecule has 2 atom stereocenters. The van der Waals surface area contributed by atoms with Crippen molar-refractivity contribution in [3.8, 4) is 0 Å². The summed E-state index contributed by atoms with van der Waals surface area (Å²) in [6.07, 6.45) is 8.92. The quantitative estimate of drug-likeness (QED) is 0.888. The predicted octanol–water partition coefficient (Wildman–Crippen LogP) is 2.42. The third-order valence-electron chi connectivity index (χ3n) is 4.70. The van der Waals surface area contributed by atoms with Crippen LogP contribution in [0.5, 0.6) is 0 Å². The number of aromatic nitrogens is 1. The van der Waals surface area contributed by atoms with E-state index in [1.54, 1.807) is 0 Å². The molecule has 0 aromatic carbocycles. The lowest BCUT2D eigenvalue weighted by Crippen LogP contribution is -2.57. The second-order valence-corrected chi connectivity index (χ2v) is 5.67. The lowest BCUT2D eigenvalue weighted by atomic mass is 9.72. The van der Waals surface area contributed by atoms with Crippen LogP contribution in [0.25, 0.3) is 0 Å². The first kappa shape index (κ1) is 13.5. The third-order valence-corrected chi connectivity index (χ3v) is 4.70. The van der Waals surface area contributed by atoms with Gasteiger partial charge in [0, 0.05) is 31.0 Å². The van der Waals surface area contributed by atoms with Crippen molar-refractivity contribution in [2.45, 2.75) is 44.7 Å². The van der Waals surface area contributed by atoms with Crippen LogP contribution in [0.4, 0.5) is 0 Å². The van der Waals surface area contributed by atoms with E-state index in [0.29, 0.717) is 5.92 Å². The minimum absolute atomic E-state index is 0.182. The lowest BCUT2D eigenvalue weighted by molar-refractivity contribution is 0.0278. The minimum atomic E-state index is 0.182. The molecule has 0 amide bonds. The van der Waals surface area contributed by atoms with E-state index in [1.165, 1.54) is 31.2 Å². The van der Waals surface area contributed by atoms with Crippen LogP contribution >= 0.6 is 0 Å². The van der Waals surface area contributed by atoms with Gasteiger partial charge >= 0.3 is 0 Å². The smallest absolute Gasteiger partial charge is 0.0357 e. The maximum Gasteiger partial charge on any atom is 0.0357 e. The molecule has 0 aliphatic heterocycles. The van der Waals surface area contributed by atoms with Crippen LogP contribution < -0.4 is 5.73 Å². The Morgan fingerprint density at radius 1 is 1.39 bits per heavy atom. The van der Waals surface area contributed by atoms with Crippen molar-refractivity contribution in [1.82, 2.24) is 9.88 Å². The molecule has 1 aromatic rings. The average molecular weight is 247 g/mol. The molecule has 2 N–H and O–H groups in total. The maximum atomic E-state index is 6.13. The van der Waals surface area contributed by atoms with Gasteiger partial charge in [-0.3, -0.25) is 9.88 Å². The Labute approximate surface area is 110 Å². The summed E-state index contributed by atoms with van der Waals surface area (Å²) in [4.78, 5) is 6.54. The first-order chi connectivity index (χ1) is 8.69. The van der Waals surface area contributed by atoms with E-state index < -0.39 is 0 Å². The number of likely N-dealkylation sites (N-methyl/N-ethyl adjacent to an activating group) is 1. The highest BCUT2D eigenvalue weighted by Crippen LogP contribution is 2.37. The molecule has 1 aliphatic rings. The highest BCUT2D eigenvalue weighted by molar-refractivity contribution is 5.11. The van der Waals surface area contributed by atoms with Gasteiger partial charge in [0.15, 0.2) is 0 Å². The highest BCUT2D eigenvalue weighted by Gasteiger charge is 2.40. The summed E-state index contributed by atoms with van der Waals surface area (Å²) in [6, 6.07) is 4.18. The van der Waals surface area contributed by atoms with Crippen LogP contribution in [0.3, 0.4) is 0 Å². The number of rotatable bonds is 4. The molecule has 0 saturated heterocycles. The summed E-state index contributed by atoms with van der Waals surface area (Å²) < 4.78 is 0. The first-order valence-electron chi connectivity index (χ1n) is 6.99.